The fourth-order valence-corrected chi connectivity index (χ4v) is 4.97. The molecule has 0 spiro atoms. The average molecular weight is 497 g/mol. The molecule has 1 unspecified atom stereocenters. The third kappa shape index (κ3) is 5.31. The number of hydrogen-bond donors (Lipinski definition) is 1. The van der Waals surface area contributed by atoms with Crippen LogP contribution in [0.1, 0.15) is 46.1 Å². The number of aromatic nitrogens is 4. The van der Waals surface area contributed by atoms with Crippen molar-refractivity contribution in [1.82, 2.24) is 19.6 Å². The van der Waals surface area contributed by atoms with E-state index in [1.54, 1.807) is 13.3 Å². The molecule has 1 N–H and O–H groups in total. The van der Waals surface area contributed by atoms with E-state index in [1.165, 1.54) is 6.42 Å². The third-order valence-electron chi connectivity index (χ3n) is 7.15. The summed E-state index contributed by atoms with van der Waals surface area (Å²) >= 11 is 0. The van der Waals surface area contributed by atoms with Gasteiger partial charge < -0.3 is 15.0 Å². The van der Waals surface area contributed by atoms with Crippen LogP contribution in [0.5, 0.6) is 0 Å². The van der Waals surface area contributed by atoms with Gasteiger partial charge in [0.15, 0.2) is 5.65 Å². The van der Waals surface area contributed by atoms with Gasteiger partial charge in [0.05, 0.1) is 18.5 Å². The number of nitrogens with one attached hydrogen (secondary N) is 1. The van der Waals surface area contributed by atoms with Crippen molar-refractivity contribution in [3.05, 3.63) is 72.6 Å². The van der Waals surface area contributed by atoms with Crippen molar-refractivity contribution in [1.29, 1.82) is 0 Å². The number of benzene rings is 1. The summed E-state index contributed by atoms with van der Waals surface area (Å²) < 4.78 is 7.41. The molecule has 5 rings (SSSR count). The van der Waals surface area contributed by atoms with E-state index < -0.39 is 0 Å². The van der Waals surface area contributed by atoms with Crippen LogP contribution in [0.15, 0.2) is 67.0 Å². The fraction of sp³-hybridized carbons (Fsp3) is 0.367. The van der Waals surface area contributed by atoms with Crippen LogP contribution in [0, 0.1) is 11.3 Å². The van der Waals surface area contributed by atoms with E-state index in [-0.39, 0.29) is 0 Å². The standard InChI is InChI=1S/C30H36N6O/c1-6-9-26(37-5)22-11-7-10-21(18-22)24-19-25(29-31-15-17-36(29)34-24)32-27-12-8-13-28(33-27)35-16-14-23(20-35)30(2,3)4/h7-13,15,17-19,23H,6,14,16,20H2,1-5H3,(H,32,33)/b26-9+. The Balaban J connectivity index is 1.45. The van der Waals surface area contributed by atoms with Crippen molar-refractivity contribution in [3.63, 3.8) is 0 Å². The van der Waals surface area contributed by atoms with Gasteiger partial charge in [-0.05, 0) is 54.5 Å². The molecule has 7 nitrogen and oxygen atoms in total. The molecule has 0 radical (unpaired) electrons. The van der Waals surface area contributed by atoms with Crippen LogP contribution < -0.4 is 10.2 Å². The number of imidazole rings is 1. The SMILES string of the molecule is CC/C=C(/OC)c1cccc(-c2cc(Nc3cccc(N4CCC(C(C)(C)C)C4)n3)c3nccn3n2)c1. The van der Waals surface area contributed by atoms with E-state index in [1.807, 2.05) is 28.9 Å². The van der Waals surface area contributed by atoms with Crippen LogP contribution in [0.4, 0.5) is 17.3 Å². The molecular formula is C30H36N6O. The highest BCUT2D eigenvalue weighted by Gasteiger charge is 2.32. The number of pyridine rings is 1. The van der Waals surface area contributed by atoms with E-state index in [4.69, 9.17) is 14.8 Å². The largest absolute Gasteiger partial charge is 0.496 e. The second-order valence-corrected chi connectivity index (χ2v) is 10.7. The van der Waals surface area contributed by atoms with E-state index in [9.17, 15) is 0 Å². The minimum Gasteiger partial charge on any atom is -0.496 e. The van der Waals surface area contributed by atoms with Gasteiger partial charge in [0.1, 0.15) is 17.4 Å². The molecule has 1 atom stereocenters. The first kappa shape index (κ1) is 24.8. The molecule has 0 amide bonds. The number of fused-ring (bicyclic) bond motifs is 1. The molecule has 3 aromatic heterocycles. The smallest absolute Gasteiger partial charge is 0.177 e. The number of nitrogens with zero attached hydrogens (tertiary/aromatic N) is 5. The summed E-state index contributed by atoms with van der Waals surface area (Å²) in [6, 6.07) is 16.5. The summed E-state index contributed by atoms with van der Waals surface area (Å²) in [6.45, 7) is 11.2. The summed E-state index contributed by atoms with van der Waals surface area (Å²) in [5.41, 5.74) is 4.78. The minimum absolute atomic E-state index is 0.304. The lowest BCUT2D eigenvalue weighted by Gasteiger charge is -2.27. The molecule has 192 valence electrons. The molecule has 1 fully saturated rings. The molecule has 37 heavy (non-hydrogen) atoms. The van der Waals surface area contributed by atoms with Crippen molar-refractivity contribution in [2.45, 2.75) is 40.5 Å². The van der Waals surface area contributed by atoms with Crippen molar-refractivity contribution >= 4 is 28.7 Å². The van der Waals surface area contributed by atoms with Gasteiger partial charge in [0, 0.05) is 36.6 Å². The Morgan fingerprint density at radius 2 is 2.00 bits per heavy atom. The molecule has 4 heterocycles. The molecule has 1 aromatic carbocycles. The summed E-state index contributed by atoms with van der Waals surface area (Å²) in [5.74, 6) is 3.33. The second kappa shape index (κ2) is 10.2. The van der Waals surface area contributed by atoms with Crippen LogP contribution in [0.3, 0.4) is 0 Å². The highest BCUT2D eigenvalue weighted by molar-refractivity contribution is 5.78. The number of methoxy groups -OCH3 is 1. The fourth-order valence-electron chi connectivity index (χ4n) is 4.97. The van der Waals surface area contributed by atoms with Crippen LogP contribution in [0.2, 0.25) is 0 Å². The van der Waals surface area contributed by atoms with E-state index in [2.05, 4.69) is 79.3 Å². The van der Waals surface area contributed by atoms with Gasteiger partial charge in [-0.3, -0.25) is 0 Å². The van der Waals surface area contributed by atoms with Crippen LogP contribution in [0.25, 0.3) is 22.7 Å². The van der Waals surface area contributed by atoms with Crippen LogP contribution in [-0.4, -0.2) is 39.8 Å². The molecule has 1 saturated heterocycles. The van der Waals surface area contributed by atoms with Crippen LogP contribution >= 0.6 is 0 Å². The van der Waals surface area contributed by atoms with Crippen molar-refractivity contribution < 1.29 is 4.74 Å². The predicted molar refractivity (Wildman–Crippen MR) is 151 cm³/mol. The topological polar surface area (TPSA) is 67.6 Å². The highest BCUT2D eigenvalue weighted by atomic mass is 16.5. The van der Waals surface area contributed by atoms with Crippen molar-refractivity contribution in [3.8, 4) is 11.3 Å². The van der Waals surface area contributed by atoms with Crippen molar-refractivity contribution in [2.24, 2.45) is 11.3 Å². The zero-order valence-corrected chi connectivity index (χ0v) is 22.4. The van der Waals surface area contributed by atoms with Gasteiger partial charge >= 0.3 is 0 Å². The maximum atomic E-state index is 5.61. The number of anilines is 3. The zero-order valence-electron chi connectivity index (χ0n) is 22.4. The Morgan fingerprint density at radius 3 is 2.76 bits per heavy atom. The normalized spacial score (nSPS) is 16.4. The number of hydrogen-bond acceptors (Lipinski definition) is 6. The predicted octanol–water partition coefficient (Wildman–Crippen LogP) is 6.80. The average Bonchev–Trinajstić information content (AvgIpc) is 3.58. The maximum Gasteiger partial charge on any atom is 0.177 e. The molecule has 4 aromatic rings. The monoisotopic (exact) mass is 496 g/mol. The quantitative estimate of drug-likeness (QED) is 0.284. The van der Waals surface area contributed by atoms with E-state index in [0.29, 0.717) is 11.3 Å². The Bertz CT molecular complexity index is 1420. The number of rotatable bonds is 7. The molecule has 0 aliphatic carbocycles. The van der Waals surface area contributed by atoms with E-state index >= 15 is 0 Å². The molecule has 0 saturated carbocycles. The Morgan fingerprint density at radius 1 is 1.16 bits per heavy atom. The Kier molecular flexibility index (Phi) is 6.87. The van der Waals surface area contributed by atoms with Gasteiger partial charge in [-0.2, -0.15) is 5.10 Å². The first-order valence-electron chi connectivity index (χ1n) is 13.0. The van der Waals surface area contributed by atoms with Gasteiger partial charge in [-0.25, -0.2) is 14.5 Å². The first-order chi connectivity index (χ1) is 17.9. The first-order valence-corrected chi connectivity index (χ1v) is 13.0. The van der Waals surface area contributed by atoms with Gasteiger partial charge in [-0.15, -0.1) is 0 Å². The molecule has 1 aliphatic rings. The minimum atomic E-state index is 0.304. The van der Waals surface area contributed by atoms with Crippen LogP contribution in [-0.2, 0) is 4.74 Å². The van der Waals surface area contributed by atoms with Gasteiger partial charge in [0.25, 0.3) is 0 Å². The molecule has 7 heteroatoms. The number of ether oxygens (including phenoxy) is 1. The summed E-state index contributed by atoms with van der Waals surface area (Å²) in [4.78, 5) is 11.9. The van der Waals surface area contributed by atoms with Gasteiger partial charge in [0.2, 0.25) is 0 Å². The van der Waals surface area contributed by atoms with E-state index in [0.717, 1.165) is 65.1 Å². The lowest BCUT2D eigenvalue weighted by molar-refractivity contribution is 0.263. The second-order valence-electron chi connectivity index (χ2n) is 10.7. The lowest BCUT2D eigenvalue weighted by atomic mass is 9.80. The molecule has 1 aliphatic heterocycles. The number of allylic oxidation sites excluding steroid dienone is 1. The van der Waals surface area contributed by atoms with Gasteiger partial charge in [-0.1, -0.05) is 52.0 Å². The molecular weight excluding hydrogens is 460 g/mol. The molecule has 0 bridgehead atoms. The van der Waals surface area contributed by atoms with Crippen molar-refractivity contribution in [2.75, 3.05) is 30.4 Å². The maximum absolute atomic E-state index is 5.61. The highest BCUT2D eigenvalue weighted by Crippen LogP contribution is 2.35. The lowest BCUT2D eigenvalue weighted by Crippen LogP contribution is -2.26. The Hall–Kier alpha value is -3.87. The zero-order chi connectivity index (χ0) is 26.0. The summed E-state index contributed by atoms with van der Waals surface area (Å²) in [6.07, 6.45) is 7.82. The summed E-state index contributed by atoms with van der Waals surface area (Å²) in [5, 5.41) is 8.34. The summed E-state index contributed by atoms with van der Waals surface area (Å²) in [7, 11) is 1.71. The third-order valence-corrected chi connectivity index (χ3v) is 7.15. The Labute approximate surface area is 219 Å².